The Labute approximate surface area is 348 Å². The van der Waals surface area contributed by atoms with Gasteiger partial charge in [-0.1, -0.05) is 191 Å². The lowest BCUT2D eigenvalue weighted by Gasteiger charge is -2.40. The molecule has 0 radical (unpaired) electrons. The van der Waals surface area contributed by atoms with Crippen LogP contribution in [-0.2, 0) is 17.6 Å². The van der Waals surface area contributed by atoms with E-state index in [0.29, 0.717) is 11.8 Å². The first-order chi connectivity index (χ1) is 28.1. The number of benzene rings is 2. The molecule has 308 valence electrons. The SMILES string of the molecule is CCCCCCC1CCC(C(OC(c2ccc(-c3ccc(CCC)cn3)cc2)C2CCC(CCCCCC)CC2)c2ccc(-c3ccc(CCC)cn3)cc2)CC1. The van der Waals surface area contributed by atoms with Gasteiger partial charge in [-0.25, -0.2) is 0 Å². The summed E-state index contributed by atoms with van der Waals surface area (Å²) < 4.78 is 7.74. The van der Waals surface area contributed by atoms with Gasteiger partial charge in [-0.15, -0.1) is 0 Å². The van der Waals surface area contributed by atoms with Crippen LogP contribution in [0.2, 0.25) is 0 Å². The molecule has 2 fully saturated rings. The number of hydrogen-bond acceptors (Lipinski definition) is 3. The number of pyridine rings is 2. The minimum atomic E-state index is 0.0872. The van der Waals surface area contributed by atoms with Crippen LogP contribution in [0.5, 0.6) is 0 Å². The van der Waals surface area contributed by atoms with Crippen LogP contribution >= 0.6 is 0 Å². The highest BCUT2D eigenvalue weighted by molar-refractivity contribution is 5.60. The van der Waals surface area contributed by atoms with Crippen molar-refractivity contribution < 1.29 is 4.74 Å². The van der Waals surface area contributed by atoms with E-state index in [2.05, 4.69) is 113 Å². The molecule has 0 saturated heterocycles. The Balaban J connectivity index is 1.25. The number of aromatic nitrogens is 2. The standard InChI is InChI=1S/C54H76N2O/c1-5-9-11-13-17-41-19-25-47(26-20-41)53(49-33-29-45(30-34-49)51-37-23-43(15-7-3)39-55-51)57-54(48-27-21-42(22-28-48)18-14-12-10-6-2)50-35-31-46(32-36-50)52-38-24-44(16-8-4)40-56-52/h23-24,29-42,47-48,53-54H,5-22,25-28H2,1-4H3. The predicted molar refractivity (Wildman–Crippen MR) is 242 cm³/mol. The summed E-state index contributed by atoms with van der Waals surface area (Å²) in [5.74, 6) is 2.83. The van der Waals surface area contributed by atoms with Gasteiger partial charge < -0.3 is 4.74 Å². The van der Waals surface area contributed by atoms with Crippen LogP contribution in [0.3, 0.4) is 0 Å². The third-order valence-corrected chi connectivity index (χ3v) is 13.7. The first-order valence-electron chi connectivity index (χ1n) is 23.8. The third-order valence-electron chi connectivity index (χ3n) is 13.7. The van der Waals surface area contributed by atoms with Crippen LogP contribution in [0.25, 0.3) is 22.5 Å². The molecule has 2 unspecified atom stereocenters. The van der Waals surface area contributed by atoms with E-state index in [1.165, 1.54) is 149 Å². The number of unbranched alkanes of at least 4 members (excludes halogenated alkanes) is 6. The fourth-order valence-electron chi connectivity index (χ4n) is 10.1. The van der Waals surface area contributed by atoms with Crippen molar-refractivity contribution in [3.8, 4) is 22.5 Å². The molecule has 2 aromatic heterocycles. The Kier molecular flexibility index (Phi) is 17.7. The molecule has 2 aromatic carbocycles. The highest BCUT2D eigenvalue weighted by Gasteiger charge is 2.36. The van der Waals surface area contributed by atoms with Crippen molar-refractivity contribution in [1.29, 1.82) is 0 Å². The lowest BCUT2D eigenvalue weighted by Crippen LogP contribution is -2.28. The summed E-state index contributed by atoms with van der Waals surface area (Å²) in [5.41, 5.74) is 9.82. The molecule has 0 bridgehead atoms. The average molecular weight is 769 g/mol. The van der Waals surface area contributed by atoms with Crippen LogP contribution in [0.4, 0.5) is 0 Å². The third kappa shape index (κ3) is 12.8. The van der Waals surface area contributed by atoms with Crippen LogP contribution in [0.15, 0.2) is 85.2 Å². The van der Waals surface area contributed by atoms with Gasteiger partial charge in [-0.2, -0.15) is 0 Å². The summed E-state index contributed by atoms with van der Waals surface area (Å²) >= 11 is 0. The molecule has 3 nitrogen and oxygen atoms in total. The molecular weight excluding hydrogens is 693 g/mol. The van der Waals surface area contributed by atoms with E-state index in [4.69, 9.17) is 14.7 Å². The van der Waals surface area contributed by atoms with Crippen LogP contribution < -0.4 is 0 Å². The first kappa shape index (κ1) is 43.3. The predicted octanol–water partition coefficient (Wildman–Crippen LogP) is 16.1. The van der Waals surface area contributed by atoms with E-state index >= 15 is 0 Å². The Hall–Kier alpha value is -3.30. The lowest BCUT2D eigenvalue weighted by atomic mass is 9.74. The Morgan fingerprint density at radius 2 is 0.860 bits per heavy atom. The van der Waals surface area contributed by atoms with E-state index in [-0.39, 0.29) is 12.2 Å². The normalized spacial score (nSPS) is 21.0. The van der Waals surface area contributed by atoms with Crippen molar-refractivity contribution in [1.82, 2.24) is 9.97 Å². The topological polar surface area (TPSA) is 35.0 Å². The molecule has 0 amide bonds. The van der Waals surface area contributed by atoms with Crippen LogP contribution in [0.1, 0.15) is 191 Å². The zero-order valence-corrected chi connectivity index (χ0v) is 36.4. The summed E-state index contributed by atoms with van der Waals surface area (Å²) in [6, 6.07) is 27.6. The largest absolute Gasteiger partial charge is 0.365 e. The Bertz CT molecular complexity index is 1540. The van der Waals surface area contributed by atoms with E-state index in [1.54, 1.807) is 0 Å². The van der Waals surface area contributed by atoms with Crippen molar-refractivity contribution in [3.05, 3.63) is 107 Å². The van der Waals surface area contributed by atoms with Crippen LogP contribution in [-0.4, -0.2) is 9.97 Å². The molecule has 2 heterocycles. The smallest absolute Gasteiger partial charge is 0.0861 e. The van der Waals surface area contributed by atoms with Gasteiger partial charge >= 0.3 is 0 Å². The fourth-order valence-corrected chi connectivity index (χ4v) is 10.1. The molecule has 2 atom stereocenters. The van der Waals surface area contributed by atoms with Gasteiger partial charge in [0.05, 0.1) is 23.6 Å². The summed E-state index contributed by atoms with van der Waals surface area (Å²) in [5, 5.41) is 0. The quantitative estimate of drug-likeness (QED) is 0.0747. The van der Waals surface area contributed by atoms with Gasteiger partial charge in [0, 0.05) is 23.5 Å². The molecule has 3 heteroatoms. The fraction of sp³-hybridized carbons (Fsp3) is 0.593. The second-order valence-electron chi connectivity index (χ2n) is 18.1. The Morgan fingerprint density at radius 3 is 1.19 bits per heavy atom. The van der Waals surface area contributed by atoms with Gasteiger partial charge in [-0.3, -0.25) is 9.97 Å². The van der Waals surface area contributed by atoms with Crippen molar-refractivity contribution >= 4 is 0 Å². The van der Waals surface area contributed by atoms with Gasteiger partial charge in [0.1, 0.15) is 0 Å². The molecule has 6 rings (SSSR count). The summed E-state index contributed by atoms with van der Waals surface area (Å²) in [6.45, 7) is 9.11. The molecule has 2 saturated carbocycles. The van der Waals surface area contributed by atoms with Crippen molar-refractivity contribution in [2.24, 2.45) is 23.7 Å². The molecule has 0 N–H and O–H groups in total. The van der Waals surface area contributed by atoms with E-state index in [1.807, 2.05) is 0 Å². The molecule has 0 spiro atoms. The molecule has 4 aromatic rings. The molecule has 0 aliphatic heterocycles. The lowest BCUT2D eigenvalue weighted by molar-refractivity contribution is -0.0907. The zero-order valence-electron chi connectivity index (χ0n) is 36.4. The minimum Gasteiger partial charge on any atom is -0.365 e. The highest BCUT2D eigenvalue weighted by Crippen LogP contribution is 2.47. The van der Waals surface area contributed by atoms with E-state index in [0.717, 1.165) is 48.9 Å². The summed E-state index contributed by atoms with van der Waals surface area (Å²) in [6.07, 6.45) is 33.0. The van der Waals surface area contributed by atoms with Crippen LogP contribution in [0, 0.1) is 23.7 Å². The van der Waals surface area contributed by atoms with Gasteiger partial charge in [0.2, 0.25) is 0 Å². The monoisotopic (exact) mass is 769 g/mol. The number of rotatable bonds is 22. The molecular formula is C54H76N2O. The maximum absolute atomic E-state index is 7.74. The van der Waals surface area contributed by atoms with Gasteiger partial charge in [0.15, 0.2) is 0 Å². The minimum absolute atomic E-state index is 0.0872. The van der Waals surface area contributed by atoms with Gasteiger partial charge in [-0.05, 0) is 96.6 Å². The average Bonchev–Trinajstić information content (AvgIpc) is 3.26. The second kappa shape index (κ2) is 23.3. The zero-order chi connectivity index (χ0) is 39.7. The van der Waals surface area contributed by atoms with Gasteiger partial charge in [0.25, 0.3) is 0 Å². The Morgan fingerprint density at radius 1 is 0.456 bits per heavy atom. The first-order valence-corrected chi connectivity index (χ1v) is 23.8. The summed E-state index contributed by atoms with van der Waals surface area (Å²) in [7, 11) is 0. The maximum Gasteiger partial charge on any atom is 0.0861 e. The number of nitrogens with zero attached hydrogens (tertiary/aromatic N) is 2. The van der Waals surface area contributed by atoms with E-state index < -0.39 is 0 Å². The van der Waals surface area contributed by atoms with Crippen molar-refractivity contribution in [3.63, 3.8) is 0 Å². The number of hydrogen-bond donors (Lipinski definition) is 0. The highest BCUT2D eigenvalue weighted by atomic mass is 16.5. The molecule has 57 heavy (non-hydrogen) atoms. The summed E-state index contributed by atoms with van der Waals surface area (Å²) in [4.78, 5) is 9.73. The van der Waals surface area contributed by atoms with E-state index in [9.17, 15) is 0 Å². The number of aryl methyl sites for hydroxylation is 2. The second-order valence-corrected chi connectivity index (χ2v) is 18.1. The van der Waals surface area contributed by atoms with Crippen molar-refractivity contribution in [2.45, 2.75) is 181 Å². The molecule has 2 aliphatic rings. The van der Waals surface area contributed by atoms with Crippen molar-refractivity contribution in [2.75, 3.05) is 0 Å². The maximum atomic E-state index is 7.74. The molecule has 2 aliphatic carbocycles. The number of ether oxygens (including phenoxy) is 1.